The maximum absolute atomic E-state index is 13.2. The highest BCUT2D eigenvalue weighted by molar-refractivity contribution is 5.88. The predicted molar refractivity (Wildman–Crippen MR) is 137 cm³/mol. The Bertz CT molecular complexity index is 935. The van der Waals surface area contributed by atoms with Crippen molar-refractivity contribution in [3.05, 3.63) is 0 Å². The highest BCUT2D eigenvalue weighted by Crippen LogP contribution is 2.89. The Morgan fingerprint density at radius 3 is 2.20 bits per heavy atom. The fraction of sp³-hybridized carbons (Fsp3) is 0.968. The van der Waals surface area contributed by atoms with Crippen LogP contribution in [0, 0.1) is 56.2 Å². The van der Waals surface area contributed by atoms with Crippen LogP contribution in [0.5, 0.6) is 0 Å². The molecule has 0 aromatic rings. The van der Waals surface area contributed by atoms with Crippen LogP contribution in [0.2, 0.25) is 0 Å². The van der Waals surface area contributed by atoms with E-state index in [0.29, 0.717) is 34.5 Å². The minimum atomic E-state index is -0.519. The second-order valence-corrected chi connectivity index (χ2v) is 16.1. The van der Waals surface area contributed by atoms with Crippen LogP contribution < -0.4 is 0 Å². The number of carbonyl (C=O) groups is 1. The lowest BCUT2D eigenvalue weighted by Crippen LogP contribution is -2.59. The smallest absolute Gasteiger partial charge is 0.166 e. The molecule has 1 saturated heterocycles. The molecule has 4 heteroatoms. The van der Waals surface area contributed by atoms with Crippen molar-refractivity contribution in [2.24, 2.45) is 56.2 Å². The third-order valence-electron chi connectivity index (χ3n) is 13.8. The number of carbonyl (C=O) groups excluding carboxylic acids is 1. The Morgan fingerprint density at radius 1 is 0.914 bits per heavy atom. The van der Waals surface area contributed by atoms with Crippen molar-refractivity contribution >= 4 is 5.78 Å². The molecule has 0 aromatic carbocycles. The summed E-state index contributed by atoms with van der Waals surface area (Å²) in [6.45, 7) is 17.8. The molecular weight excluding hydrogens is 436 g/mol. The normalized spacial score (nSPS) is 58.3. The monoisotopic (exact) mass is 486 g/mol. The van der Waals surface area contributed by atoms with Gasteiger partial charge in [-0.25, -0.2) is 0 Å². The summed E-state index contributed by atoms with van der Waals surface area (Å²) in [5.41, 5.74) is 0.0661. The molecule has 0 bridgehead atoms. The molecule has 35 heavy (non-hydrogen) atoms. The van der Waals surface area contributed by atoms with Gasteiger partial charge >= 0.3 is 0 Å². The zero-order valence-corrected chi connectivity index (χ0v) is 23.5. The van der Waals surface area contributed by atoms with Gasteiger partial charge in [0.05, 0.1) is 18.3 Å². The van der Waals surface area contributed by atoms with Crippen LogP contribution in [0.25, 0.3) is 0 Å². The lowest BCUT2D eigenvalue weighted by atomic mass is 9.41. The number of ether oxygens (including phenoxy) is 1. The van der Waals surface area contributed by atoms with E-state index >= 15 is 0 Å². The van der Waals surface area contributed by atoms with E-state index in [-0.39, 0.29) is 34.2 Å². The van der Waals surface area contributed by atoms with Gasteiger partial charge in [-0.05, 0) is 96.7 Å². The molecule has 6 fully saturated rings. The average molecular weight is 487 g/mol. The molecule has 2 N–H and O–H groups in total. The van der Waals surface area contributed by atoms with Gasteiger partial charge in [0.25, 0.3) is 0 Å². The molecule has 12 atom stereocenters. The van der Waals surface area contributed by atoms with Crippen molar-refractivity contribution in [1.29, 1.82) is 0 Å². The van der Waals surface area contributed by atoms with Gasteiger partial charge in [-0.15, -0.1) is 0 Å². The van der Waals surface area contributed by atoms with Crippen molar-refractivity contribution in [2.45, 2.75) is 131 Å². The zero-order valence-electron chi connectivity index (χ0n) is 23.5. The van der Waals surface area contributed by atoms with Gasteiger partial charge in [-0.3, -0.25) is 4.79 Å². The van der Waals surface area contributed by atoms with Crippen LogP contribution in [0.4, 0.5) is 0 Å². The molecule has 1 heterocycles. The number of aliphatic hydroxyl groups excluding tert-OH is 2. The number of aliphatic hydroxyl groups is 2. The van der Waals surface area contributed by atoms with E-state index in [1.807, 2.05) is 20.8 Å². The van der Waals surface area contributed by atoms with Gasteiger partial charge in [-0.1, -0.05) is 55.4 Å². The Morgan fingerprint density at radius 2 is 1.54 bits per heavy atom. The number of hydrogen-bond acceptors (Lipinski definition) is 4. The summed E-state index contributed by atoms with van der Waals surface area (Å²) in [6.07, 6.45) is 7.56. The molecule has 0 radical (unpaired) electrons. The van der Waals surface area contributed by atoms with Crippen molar-refractivity contribution in [1.82, 2.24) is 0 Å². The SMILES string of the molecule is C[C@@H]1CC(C(=O)C(C)(C)C)OC2C1C1(C)CCC34CC35CCC(O)C(C)(C)C5CCC4C1(C)[C@H]2O. The number of rotatable bonds is 1. The summed E-state index contributed by atoms with van der Waals surface area (Å²) < 4.78 is 6.65. The largest absolute Gasteiger partial charge is 0.393 e. The minimum absolute atomic E-state index is 0.0190. The van der Waals surface area contributed by atoms with Gasteiger partial charge in [0.15, 0.2) is 5.78 Å². The molecular formula is C31H50O4. The summed E-state index contributed by atoms with van der Waals surface area (Å²) >= 11 is 0. The van der Waals surface area contributed by atoms with Crippen molar-refractivity contribution in [2.75, 3.05) is 0 Å². The average Bonchev–Trinajstić information content (AvgIpc) is 3.40. The van der Waals surface area contributed by atoms with E-state index in [1.54, 1.807) is 0 Å². The molecule has 4 nitrogen and oxygen atoms in total. The number of Topliss-reactive ketones (excluding diaryl/α,β-unsaturated/α-hetero) is 1. The number of hydrogen-bond donors (Lipinski definition) is 2. The molecule has 1 aliphatic heterocycles. The summed E-state index contributed by atoms with van der Waals surface area (Å²) in [4.78, 5) is 13.2. The van der Waals surface area contributed by atoms with Crippen LogP contribution in [0.15, 0.2) is 0 Å². The van der Waals surface area contributed by atoms with Gasteiger partial charge in [-0.2, -0.15) is 0 Å². The second kappa shape index (κ2) is 6.94. The van der Waals surface area contributed by atoms with Crippen LogP contribution in [-0.2, 0) is 9.53 Å². The first-order chi connectivity index (χ1) is 16.1. The molecule has 5 saturated carbocycles. The topological polar surface area (TPSA) is 66.8 Å². The first kappa shape index (κ1) is 24.9. The Labute approximate surface area is 213 Å². The molecule has 0 aromatic heterocycles. The van der Waals surface area contributed by atoms with Gasteiger partial charge < -0.3 is 14.9 Å². The third-order valence-corrected chi connectivity index (χ3v) is 13.8. The molecule has 6 rings (SSSR count). The third kappa shape index (κ3) is 2.68. The summed E-state index contributed by atoms with van der Waals surface area (Å²) in [5.74, 6) is 1.95. The van der Waals surface area contributed by atoms with E-state index in [0.717, 1.165) is 32.1 Å². The lowest BCUT2D eigenvalue weighted by Gasteiger charge is -2.63. The van der Waals surface area contributed by atoms with Crippen molar-refractivity contribution in [3.8, 4) is 0 Å². The van der Waals surface area contributed by atoms with Crippen LogP contribution in [0.3, 0.4) is 0 Å². The number of ketones is 1. The fourth-order valence-corrected chi connectivity index (χ4v) is 11.9. The Hall–Kier alpha value is -0.450. The predicted octanol–water partition coefficient (Wildman–Crippen LogP) is 5.78. The Balaban J connectivity index is 1.37. The van der Waals surface area contributed by atoms with Gasteiger partial charge in [0.1, 0.15) is 6.10 Å². The van der Waals surface area contributed by atoms with E-state index in [2.05, 4.69) is 34.6 Å². The zero-order chi connectivity index (χ0) is 25.6. The van der Waals surface area contributed by atoms with E-state index in [1.165, 1.54) is 19.3 Å². The summed E-state index contributed by atoms with van der Waals surface area (Å²) in [5, 5.41) is 23.1. The maximum atomic E-state index is 13.2. The number of fused-ring (bicyclic) bond motifs is 4. The summed E-state index contributed by atoms with van der Waals surface area (Å²) in [7, 11) is 0. The fourth-order valence-electron chi connectivity index (χ4n) is 11.9. The van der Waals surface area contributed by atoms with E-state index in [4.69, 9.17) is 4.74 Å². The minimum Gasteiger partial charge on any atom is -0.393 e. The standard InChI is InChI=1S/C31H50O4/c1-17-15-18(24(33)26(2,3)4)35-23-22(17)28(7)13-14-31-16-30(31)12-11-21(32)27(5,6)19(30)9-10-20(31)29(28,8)25(23)34/h17-23,25,32,34H,9-16H2,1-8H3/t17-,18?,19?,20?,21?,22?,23?,25+,28?,29?,30?,31?/m1/s1. The molecule has 198 valence electrons. The van der Waals surface area contributed by atoms with Crippen LogP contribution >= 0.6 is 0 Å². The highest BCUT2D eigenvalue weighted by atomic mass is 16.5. The molecule has 10 unspecified atom stereocenters. The molecule has 0 amide bonds. The van der Waals surface area contributed by atoms with Gasteiger partial charge in [0, 0.05) is 10.8 Å². The Kier molecular flexibility index (Phi) is 4.93. The van der Waals surface area contributed by atoms with Crippen LogP contribution in [-0.4, -0.2) is 40.4 Å². The van der Waals surface area contributed by atoms with Crippen LogP contribution in [0.1, 0.15) is 107 Å². The first-order valence-electron chi connectivity index (χ1n) is 14.6. The highest BCUT2D eigenvalue weighted by Gasteiger charge is 2.84. The second-order valence-electron chi connectivity index (χ2n) is 16.1. The van der Waals surface area contributed by atoms with Gasteiger partial charge in [0.2, 0.25) is 0 Å². The molecule has 6 aliphatic rings. The maximum Gasteiger partial charge on any atom is 0.166 e. The first-order valence-corrected chi connectivity index (χ1v) is 14.6. The molecule has 2 spiro atoms. The van der Waals surface area contributed by atoms with Crippen molar-refractivity contribution < 1.29 is 19.7 Å². The molecule has 5 aliphatic carbocycles. The summed E-state index contributed by atoms with van der Waals surface area (Å²) in [6, 6.07) is 0. The lowest BCUT2D eigenvalue weighted by molar-refractivity contribution is -0.182. The van der Waals surface area contributed by atoms with E-state index in [9.17, 15) is 15.0 Å². The quantitative estimate of drug-likeness (QED) is 0.493. The van der Waals surface area contributed by atoms with E-state index < -0.39 is 17.6 Å². The van der Waals surface area contributed by atoms with Crippen molar-refractivity contribution in [3.63, 3.8) is 0 Å².